The molecule has 0 aromatic rings. The minimum atomic E-state index is 0.342. The van der Waals surface area contributed by atoms with Crippen LogP contribution in [0.15, 0.2) is 0 Å². The topological polar surface area (TPSA) is 20.1 Å². The maximum Gasteiger partial charge on any atom is 0.222 e. The SMILES string of the molecule is CCCCC(=O)N1CC1C. The molecule has 0 N–H and O–H groups in total. The van der Waals surface area contributed by atoms with Crippen molar-refractivity contribution in [2.75, 3.05) is 6.54 Å². The van der Waals surface area contributed by atoms with E-state index >= 15 is 0 Å². The normalized spacial score (nSPS) is 23.0. The number of hydrogen-bond acceptors (Lipinski definition) is 1. The van der Waals surface area contributed by atoms with Crippen LogP contribution in [0.5, 0.6) is 0 Å². The lowest BCUT2D eigenvalue weighted by molar-refractivity contribution is -0.126. The van der Waals surface area contributed by atoms with Crippen LogP contribution in [0.25, 0.3) is 0 Å². The van der Waals surface area contributed by atoms with E-state index in [1.54, 1.807) is 0 Å². The third kappa shape index (κ3) is 1.72. The highest BCUT2D eigenvalue weighted by molar-refractivity contribution is 5.78. The molecular formula is C8H15NO. The summed E-state index contributed by atoms with van der Waals surface area (Å²) in [7, 11) is 0. The van der Waals surface area contributed by atoms with Gasteiger partial charge in [-0.2, -0.15) is 0 Å². The van der Waals surface area contributed by atoms with Crippen molar-refractivity contribution in [3.8, 4) is 0 Å². The maximum absolute atomic E-state index is 11.1. The molecule has 1 aliphatic rings. The van der Waals surface area contributed by atoms with Crippen LogP contribution in [0.3, 0.4) is 0 Å². The van der Waals surface area contributed by atoms with Gasteiger partial charge in [-0.1, -0.05) is 13.3 Å². The Balaban J connectivity index is 2.11. The summed E-state index contributed by atoms with van der Waals surface area (Å²) in [5.74, 6) is 0.342. The highest BCUT2D eigenvalue weighted by Crippen LogP contribution is 2.17. The lowest BCUT2D eigenvalue weighted by Gasteiger charge is -1.99. The molecule has 2 heteroatoms. The molecule has 1 amide bonds. The van der Waals surface area contributed by atoms with Crippen LogP contribution in [-0.4, -0.2) is 23.4 Å². The Morgan fingerprint density at radius 3 is 2.70 bits per heavy atom. The van der Waals surface area contributed by atoms with Crippen molar-refractivity contribution in [3.05, 3.63) is 0 Å². The second-order valence-corrected chi connectivity index (χ2v) is 3.00. The smallest absolute Gasteiger partial charge is 0.222 e. The fourth-order valence-corrected chi connectivity index (χ4v) is 1.06. The summed E-state index contributed by atoms with van der Waals surface area (Å²) in [6.45, 7) is 5.19. The van der Waals surface area contributed by atoms with Gasteiger partial charge in [-0.3, -0.25) is 4.79 Å². The number of nitrogens with zero attached hydrogens (tertiary/aromatic N) is 1. The Bertz CT molecular complexity index is 133. The molecule has 1 aliphatic heterocycles. The molecule has 2 nitrogen and oxygen atoms in total. The van der Waals surface area contributed by atoms with Crippen molar-refractivity contribution < 1.29 is 4.79 Å². The van der Waals surface area contributed by atoms with Crippen molar-refractivity contribution in [1.82, 2.24) is 4.90 Å². The molecule has 1 unspecified atom stereocenters. The Morgan fingerprint density at radius 1 is 1.70 bits per heavy atom. The van der Waals surface area contributed by atoms with Crippen LogP contribution in [0.4, 0.5) is 0 Å². The number of amides is 1. The van der Waals surface area contributed by atoms with E-state index < -0.39 is 0 Å². The molecule has 0 saturated carbocycles. The van der Waals surface area contributed by atoms with Gasteiger partial charge in [0.25, 0.3) is 0 Å². The van der Waals surface area contributed by atoms with Crippen molar-refractivity contribution >= 4 is 5.91 Å². The van der Waals surface area contributed by atoms with E-state index in [1.165, 1.54) is 0 Å². The molecule has 1 fully saturated rings. The first kappa shape index (κ1) is 7.58. The summed E-state index contributed by atoms with van der Waals surface area (Å²) in [6, 6.07) is 0.532. The molecular weight excluding hydrogens is 126 g/mol. The largest absolute Gasteiger partial charge is 0.336 e. The minimum Gasteiger partial charge on any atom is -0.336 e. The highest BCUT2D eigenvalue weighted by Gasteiger charge is 2.32. The first-order valence-electron chi connectivity index (χ1n) is 4.05. The lowest BCUT2D eigenvalue weighted by atomic mass is 10.2. The minimum absolute atomic E-state index is 0.342. The van der Waals surface area contributed by atoms with Crippen LogP contribution in [0, 0.1) is 0 Å². The molecule has 0 radical (unpaired) electrons. The standard InChI is InChI=1S/C8H15NO/c1-3-4-5-8(10)9-6-7(9)2/h7H,3-6H2,1-2H3. The van der Waals surface area contributed by atoms with Gasteiger partial charge in [-0.15, -0.1) is 0 Å². The summed E-state index contributed by atoms with van der Waals surface area (Å²) in [5.41, 5.74) is 0. The van der Waals surface area contributed by atoms with Gasteiger partial charge in [-0.05, 0) is 13.3 Å². The molecule has 0 aliphatic carbocycles. The van der Waals surface area contributed by atoms with Crippen LogP contribution < -0.4 is 0 Å². The predicted octanol–water partition coefficient (Wildman–Crippen LogP) is 1.41. The Kier molecular flexibility index (Phi) is 2.30. The zero-order valence-electron chi connectivity index (χ0n) is 6.76. The molecule has 0 aromatic carbocycles. The van der Waals surface area contributed by atoms with Gasteiger partial charge in [-0.25, -0.2) is 0 Å². The average Bonchev–Trinajstić information content (AvgIpc) is 2.62. The Hall–Kier alpha value is -0.530. The Morgan fingerprint density at radius 2 is 2.30 bits per heavy atom. The first-order valence-corrected chi connectivity index (χ1v) is 4.05. The molecule has 1 heterocycles. The summed E-state index contributed by atoms with van der Waals surface area (Å²) in [6.07, 6.45) is 2.91. The van der Waals surface area contributed by atoms with Crippen molar-refractivity contribution in [1.29, 1.82) is 0 Å². The van der Waals surface area contributed by atoms with Crippen molar-refractivity contribution in [2.24, 2.45) is 0 Å². The highest BCUT2D eigenvalue weighted by atomic mass is 16.2. The molecule has 0 aromatic heterocycles. The molecule has 58 valence electrons. The zero-order chi connectivity index (χ0) is 7.56. The van der Waals surface area contributed by atoms with E-state index in [2.05, 4.69) is 13.8 Å². The quantitative estimate of drug-likeness (QED) is 0.544. The molecule has 1 saturated heterocycles. The summed E-state index contributed by atoms with van der Waals surface area (Å²) >= 11 is 0. The molecule has 0 spiro atoms. The van der Waals surface area contributed by atoms with E-state index in [-0.39, 0.29) is 0 Å². The second kappa shape index (κ2) is 3.04. The van der Waals surface area contributed by atoms with Crippen molar-refractivity contribution in [3.63, 3.8) is 0 Å². The van der Waals surface area contributed by atoms with Crippen LogP contribution in [-0.2, 0) is 4.79 Å². The molecule has 10 heavy (non-hydrogen) atoms. The fourth-order valence-electron chi connectivity index (χ4n) is 1.06. The number of carbonyl (C=O) groups excluding carboxylic acids is 1. The third-order valence-corrected chi connectivity index (χ3v) is 1.92. The van der Waals surface area contributed by atoms with Gasteiger partial charge in [0.2, 0.25) is 5.91 Å². The second-order valence-electron chi connectivity index (χ2n) is 3.00. The predicted molar refractivity (Wildman–Crippen MR) is 40.7 cm³/mol. The van der Waals surface area contributed by atoms with Gasteiger partial charge in [0.05, 0.1) is 0 Å². The van der Waals surface area contributed by atoms with Crippen LogP contribution >= 0.6 is 0 Å². The van der Waals surface area contributed by atoms with Gasteiger partial charge >= 0.3 is 0 Å². The van der Waals surface area contributed by atoms with E-state index in [1.807, 2.05) is 4.90 Å². The van der Waals surface area contributed by atoms with Crippen LogP contribution in [0.2, 0.25) is 0 Å². The monoisotopic (exact) mass is 141 g/mol. The number of hydrogen-bond donors (Lipinski definition) is 0. The summed E-state index contributed by atoms with van der Waals surface area (Å²) in [4.78, 5) is 13.0. The lowest BCUT2D eigenvalue weighted by Crippen LogP contribution is -2.11. The summed E-state index contributed by atoms with van der Waals surface area (Å²) < 4.78 is 0. The molecule has 0 bridgehead atoms. The van der Waals surface area contributed by atoms with Crippen molar-refractivity contribution in [2.45, 2.75) is 39.2 Å². The van der Waals surface area contributed by atoms with Gasteiger partial charge in [0, 0.05) is 19.0 Å². The van der Waals surface area contributed by atoms with Gasteiger partial charge in [0.1, 0.15) is 0 Å². The molecule has 1 atom stereocenters. The number of carbonyl (C=O) groups is 1. The number of rotatable bonds is 3. The van der Waals surface area contributed by atoms with E-state index in [0.717, 1.165) is 25.8 Å². The van der Waals surface area contributed by atoms with Gasteiger partial charge in [0.15, 0.2) is 0 Å². The average molecular weight is 141 g/mol. The number of unbranched alkanes of at least 4 members (excludes halogenated alkanes) is 1. The fraction of sp³-hybridized carbons (Fsp3) is 0.875. The van der Waals surface area contributed by atoms with E-state index in [0.29, 0.717) is 11.9 Å². The maximum atomic E-state index is 11.1. The third-order valence-electron chi connectivity index (χ3n) is 1.92. The van der Waals surface area contributed by atoms with E-state index in [4.69, 9.17) is 0 Å². The Labute approximate surface area is 62.2 Å². The first-order chi connectivity index (χ1) is 4.75. The van der Waals surface area contributed by atoms with Gasteiger partial charge < -0.3 is 4.90 Å². The van der Waals surface area contributed by atoms with Crippen LogP contribution in [0.1, 0.15) is 33.1 Å². The zero-order valence-corrected chi connectivity index (χ0v) is 6.76. The molecule has 1 rings (SSSR count). The van der Waals surface area contributed by atoms with E-state index in [9.17, 15) is 4.79 Å². The summed E-state index contributed by atoms with van der Waals surface area (Å²) in [5, 5.41) is 0.